The standard InChI is InChI=1S/C13H14Br2N4/c1-2-16-13-18-8-11(15)12(19-13)17-7-9-5-3-4-6-10(9)14/h3-6,8H,2,7H2,1H3,(H2,16,17,18,19). The van der Waals surface area contributed by atoms with Crippen molar-refractivity contribution in [3.8, 4) is 0 Å². The Morgan fingerprint density at radius 1 is 1.11 bits per heavy atom. The Labute approximate surface area is 129 Å². The van der Waals surface area contributed by atoms with Crippen molar-refractivity contribution in [3.05, 3.63) is 45.0 Å². The van der Waals surface area contributed by atoms with E-state index in [0.717, 1.165) is 21.3 Å². The van der Waals surface area contributed by atoms with E-state index >= 15 is 0 Å². The van der Waals surface area contributed by atoms with Gasteiger partial charge in [-0.25, -0.2) is 4.98 Å². The van der Waals surface area contributed by atoms with Crippen molar-refractivity contribution in [2.75, 3.05) is 17.2 Å². The van der Waals surface area contributed by atoms with Gasteiger partial charge in [0, 0.05) is 23.8 Å². The number of hydrogen-bond donors (Lipinski definition) is 2. The molecule has 2 N–H and O–H groups in total. The Morgan fingerprint density at radius 2 is 1.89 bits per heavy atom. The molecule has 4 nitrogen and oxygen atoms in total. The summed E-state index contributed by atoms with van der Waals surface area (Å²) in [4.78, 5) is 8.59. The lowest BCUT2D eigenvalue weighted by Crippen LogP contribution is -2.07. The Morgan fingerprint density at radius 3 is 2.63 bits per heavy atom. The van der Waals surface area contributed by atoms with Crippen LogP contribution in [0.1, 0.15) is 12.5 Å². The van der Waals surface area contributed by atoms with Crippen LogP contribution in [0.4, 0.5) is 11.8 Å². The molecule has 0 unspecified atom stereocenters. The van der Waals surface area contributed by atoms with E-state index in [1.54, 1.807) is 6.20 Å². The van der Waals surface area contributed by atoms with Gasteiger partial charge in [-0.15, -0.1) is 0 Å². The maximum absolute atomic E-state index is 4.41. The van der Waals surface area contributed by atoms with Crippen LogP contribution < -0.4 is 10.6 Å². The molecule has 0 radical (unpaired) electrons. The van der Waals surface area contributed by atoms with Crippen LogP contribution in [0.3, 0.4) is 0 Å². The summed E-state index contributed by atoms with van der Waals surface area (Å²) < 4.78 is 1.93. The summed E-state index contributed by atoms with van der Waals surface area (Å²) in [6, 6.07) is 8.10. The molecule has 100 valence electrons. The molecule has 0 aliphatic rings. The predicted octanol–water partition coefficient (Wildman–Crippen LogP) is 4.05. The predicted molar refractivity (Wildman–Crippen MR) is 85.4 cm³/mol. The molecule has 19 heavy (non-hydrogen) atoms. The molecule has 1 heterocycles. The first-order valence-corrected chi connectivity index (χ1v) is 7.53. The molecule has 0 amide bonds. The molecule has 6 heteroatoms. The zero-order valence-corrected chi connectivity index (χ0v) is 13.6. The average Bonchev–Trinajstić information content (AvgIpc) is 2.41. The zero-order chi connectivity index (χ0) is 13.7. The van der Waals surface area contributed by atoms with Gasteiger partial charge in [-0.05, 0) is 34.5 Å². The lowest BCUT2D eigenvalue weighted by molar-refractivity contribution is 1.04. The van der Waals surface area contributed by atoms with Gasteiger partial charge in [0.2, 0.25) is 5.95 Å². The summed E-state index contributed by atoms with van der Waals surface area (Å²) in [6.07, 6.45) is 1.74. The Balaban J connectivity index is 2.10. The van der Waals surface area contributed by atoms with Crippen LogP contribution in [0.2, 0.25) is 0 Å². The molecule has 1 aromatic heterocycles. The van der Waals surface area contributed by atoms with Crippen molar-refractivity contribution in [2.24, 2.45) is 0 Å². The smallest absolute Gasteiger partial charge is 0.224 e. The van der Waals surface area contributed by atoms with Crippen molar-refractivity contribution in [1.82, 2.24) is 9.97 Å². The second-order valence-corrected chi connectivity index (χ2v) is 5.57. The van der Waals surface area contributed by atoms with E-state index in [-0.39, 0.29) is 0 Å². The monoisotopic (exact) mass is 384 g/mol. The van der Waals surface area contributed by atoms with E-state index in [0.29, 0.717) is 12.5 Å². The fourth-order valence-electron chi connectivity index (χ4n) is 1.56. The number of halogens is 2. The van der Waals surface area contributed by atoms with Crippen molar-refractivity contribution in [1.29, 1.82) is 0 Å². The van der Waals surface area contributed by atoms with Crippen molar-refractivity contribution in [3.63, 3.8) is 0 Å². The van der Waals surface area contributed by atoms with Gasteiger partial charge in [-0.3, -0.25) is 0 Å². The first kappa shape index (κ1) is 14.3. The van der Waals surface area contributed by atoms with Crippen LogP contribution in [-0.4, -0.2) is 16.5 Å². The van der Waals surface area contributed by atoms with E-state index in [4.69, 9.17) is 0 Å². The minimum absolute atomic E-state index is 0.625. The van der Waals surface area contributed by atoms with Gasteiger partial charge in [-0.1, -0.05) is 34.1 Å². The largest absolute Gasteiger partial charge is 0.365 e. The molecule has 2 aromatic rings. The van der Waals surface area contributed by atoms with Gasteiger partial charge < -0.3 is 10.6 Å². The maximum atomic E-state index is 4.41. The van der Waals surface area contributed by atoms with Crippen LogP contribution in [0, 0.1) is 0 Å². The number of aromatic nitrogens is 2. The second-order valence-electron chi connectivity index (χ2n) is 3.87. The van der Waals surface area contributed by atoms with Crippen molar-refractivity contribution < 1.29 is 0 Å². The Hall–Kier alpha value is -1.14. The van der Waals surface area contributed by atoms with Gasteiger partial charge in [0.25, 0.3) is 0 Å². The van der Waals surface area contributed by atoms with Crippen LogP contribution in [0.15, 0.2) is 39.4 Å². The molecule has 0 atom stereocenters. The van der Waals surface area contributed by atoms with Crippen LogP contribution in [0.25, 0.3) is 0 Å². The van der Waals surface area contributed by atoms with Gasteiger partial charge in [0.15, 0.2) is 0 Å². The molecule has 0 saturated carbocycles. The van der Waals surface area contributed by atoms with E-state index < -0.39 is 0 Å². The minimum atomic E-state index is 0.625. The van der Waals surface area contributed by atoms with Gasteiger partial charge in [-0.2, -0.15) is 4.98 Å². The summed E-state index contributed by atoms with van der Waals surface area (Å²) in [7, 11) is 0. The van der Waals surface area contributed by atoms with E-state index in [1.165, 1.54) is 5.56 Å². The molecular weight excluding hydrogens is 372 g/mol. The van der Waals surface area contributed by atoms with Gasteiger partial charge >= 0.3 is 0 Å². The number of benzene rings is 1. The second kappa shape index (κ2) is 6.86. The highest BCUT2D eigenvalue weighted by Gasteiger charge is 2.05. The molecule has 0 aliphatic carbocycles. The lowest BCUT2D eigenvalue weighted by Gasteiger charge is -2.10. The summed E-state index contributed by atoms with van der Waals surface area (Å²) >= 11 is 6.98. The molecular formula is C13H14Br2N4. The third kappa shape index (κ3) is 3.91. The SMILES string of the molecule is CCNc1ncc(Br)c(NCc2ccccc2Br)n1. The molecule has 0 spiro atoms. The summed E-state index contributed by atoms with van der Waals surface area (Å²) in [5.41, 5.74) is 1.18. The third-order valence-corrected chi connectivity index (χ3v) is 3.84. The fraction of sp³-hybridized carbons (Fsp3) is 0.231. The van der Waals surface area contributed by atoms with Crippen LogP contribution >= 0.6 is 31.9 Å². The first-order chi connectivity index (χ1) is 9.20. The van der Waals surface area contributed by atoms with E-state index in [1.807, 2.05) is 25.1 Å². The molecule has 0 bridgehead atoms. The number of hydrogen-bond acceptors (Lipinski definition) is 4. The van der Waals surface area contributed by atoms with Crippen LogP contribution in [-0.2, 0) is 6.54 Å². The highest BCUT2D eigenvalue weighted by Crippen LogP contribution is 2.22. The third-order valence-electron chi connectivity index (χ3n) is 2.48. The quantitative estimate of drug-likeness (QED) is 0.815. The maximum Gasteiger partial charge on any atom is 0.224 e. The lowest BCUT2D eigenvalue weighted by atomic mass is 10.2. The van der Waals surface area contributed by atoms with Gasteiger partial charge in [0.1, 0.15) is 5.82 Å². The summed E-state index contributed by atoms with van der Waals surface area (Å²) in [6.45, 7) is 3.51. The normalized spacial score (nSPS) is 10.3. The van der Waals surface area contributed by atoms with Crippen LogP contribution in [0.5, 0.6) is 0 Å². The topological polar surface area (TPSA) is 49.8 Å². The summed E-state index contributed by atoms with van der Waals surface area (Å²) in [5.74, 6) is 1.40. The number of nitrogens with zero attached hydrogens (tertiary/aromatic N) is 2. The molecule has 0 aliphatic heterocycles. The fourth-order valence-corrected chi connectivity index (χ4v) is 2.31. The molecule has 0 saturated heterocycles. The van der Waals surface area contributed by atoms with E-state index in [2.05, 4.69) is 58.5 Å². The molecule has 2 rings (SSSR count). The molecule has 1 aromatic carbocycles. The van der Waals surface area contributed by atoms with Crippen molar-refractivity contribution in [2.45, 2.75) is 13.5 Å². The molecule has 0 fully saturated rings. The minimum Gasteiger partial charge on any atom is -0.365 e. The zero-order valence-electron chi connectivity index (χ0n) is 10.5. The number of rotatable bonds is 5. The Bertz CT molecular complexity index is 560. The van der Waals surface area contributed by atoms with E-state index in [9.17, 15) is 0 Å². The van der Waals surface area contributed by atoms with Crippen molar-refractivity contribution >= 4 is 43.6 Å². The highest BCUT2D eigenvalue weighted by molar-refractivity contribution is 9.10. The first-order valence-electron chi connectivity index (χ1n) is 5.94. The summed E-state index contributed by atoms with van der Waals surface area (Å²) in [5, 5.41) is 6.39. The van der Waals surface area contributed by atoms with Gasteiger partial charge in [0.05, 0.1) is 4.47 Å². The average molecular weight is 386 g/mol. The number of nitrogens with one attached hydrogen (secondary N) is 2. The number of anilines is 2. The Kier molecular flexibility index (Phi) is 5.15. The highest BCUT2D eigenvalue weighted by atomic mass is 79.9.